The molecule has 0 radical (unpaired) electrons. The minimum atomic E-state index is -0.891. The van der Waals surface area contributed by atoms with Crippen LogP contribution in [-0.4, -0.2) is 56.3 Å². The van der Waals surface area contributed by atoms with Gasteiger partial charge in [-0.2, -0.15) is 4.98 Å². The molecule has 11 heteroatoms. The number of rotatable bonds is 10. The van der Waals surface area contributed by atoms with E-state index in [2.05, 4.69) is 20.4 Å². The molecule has 178 valence electrons. The second-order valence-corrected chi connectivity index (χ2v) is 7.96. The summed E-state index contributed by atoms with van der Waals surface area (Å²) in [5, 5.41) is 24.3. The molecule has 1 saturated carbocycles. The molecule has 4 rings (SSSR count). The Balaban J connectivity index is 1.41. The number of hydrogen-bond donors (Lipinski definition) is 3. The first-order valence-corrected chi connectivity index (χ1v) is 10.7. The highest BCUT2D eigenvalue weighted by Crippen LogP contribution is 2.32. The first kappa shape index (κ1) is 23.5. The van der Waals surface area contributed by atoms with Crippen LogP contribution < -0.4 is 10.1 Å². The van der Waals surface area contributed by atoms with Crippen LogP contribution in [0.15, 0.2) is 41.1 Å². The van der Waals surface area contributed by atoms with Crippen molar-refractivity contribution in [1.82, 2.24) is 20.4 Å². The fourth-order valence-electron chi connectivity index (χ4n) is 3.17. The molecule has 34 heavy (non-hydrogen) atoms. The Morgan fingerprint density at radius 2 is 2.00 bits per heavy atom. The summed E-state index contributed by atoms with van der Waals surface area (Å²) in [5.41, 5.74) is 0.430. The first-order chi connectivity index (χ1) is 16.4. The normalized spacial score (nSPS) is 14.1. The Bertz CT molecular complexity index is 1170. The maximum Gasteiger partial charge on any atom is 0.267 e. The average molecular weight is 470 g/mol. The molecule has 0 saturated heterocycles. The van der Waals surface area contributed by atoms with E-state index in [1.165, 1.54) is 18.3 Å². The number of hydrogen-bond acceptors (Lipinski definition) is 9. The van der Waals surface area contributed by atoms with Crippen LogP contribution in [0.4, 0.5) is 4.39 Å². The van der Waals surface area contributed by atoms with Crippen LogP contribution >= 0.6 is 0 Å². The van der Waals surface area contributed by atoms with Gasteiger partial charge < -0.3 is 24.8 Å². The SMILES string of the molecule is CC(Oc1ccc(C(=O)C2CC2)nc1)c1nc(-c2ccc(C(=O)NC(CO)CO)c(F)c2)no1. The lowest BCUT2D eigenvalue weighted by Crippen LogP contribution is -2.40. The van der Waals surface area contributed by atoms with E-state index in [9.17, 15) is 14.0 Å². The maximum atomic E-state index is 14.5. The van der Waals surface area contributed by atoms with Gasteiger partial charge in [0, 0.05) is 11.5 Å². The van der Waals surface area contributed by atoms with Crippen LogP contribution in [0.5, 0.6) is 5.75 Å². The van der Waals surface area contributed by atoms with Gasteiger partial charge in [0.05, 0.1) is 31.0 Å². The minimum Gasteiger partial charge on any atom is -0.479 e. The number of carbonyl (C=O) groups excluding carboxylic acids is 2. The van der Waals surface area contributed by atoms with Crippen LogP contribution in [0, 0.1) is 11.7 Å². The zero-order chi connectivity index (χ0) is 24.2. The lowest BCUT2D eigenvalue weighted by atomic mass is 10.1. The predicted molar refractivity (Wildman–Crippen MR) is 115 cm³/mol. The van der Waals surface area contributed by atoms with Crippen molar-refractivity contribution >= 4 is 11.7 Å². The van der Waals surface area contributed by atoms with E-state index in [0.717, 1.165) is 18.9 Å². The minimum absolute atomic E-state index is 0.0403. The molecular weight excluding hydrogens is 447 g/mol. The number of carbonyl (C=O) groups is 2. The molecule has 1 atom stereocenters. The highest BCUT2D eigenvalue weighted by molar-refractivity contribution is 5.97. The molecule has 1 amide bonds. The van der Waals surface area contributed by atoms with Gasteiger partial charge in [-0.25, -0.2) is 9.37 Å². The Labute approximate surface area is 193 Å². The number of aliphatic hydroxyl groups is 2. The molecule has 2 aromatic heterocycles. The molecule has 1 unspecified atom stereocenters. The van der Waals surface area contributed by atoms with Gasteiger partial charge in [0.1, 0.15) is 17.3 Å². The van der Waals surface area contributed by atoms with Gasteiger partial charge in [-0.15, -0.1) is 0 Å². The fourth-order valence-corrected chi connectivity index (χ4v) is 3.17. The number of aromatic nitrogens is 3. The van der Waals surface area contributed by atoms with E-state index in [1.807, 2.05) is 0 Å². The molecule has 2 heterocycles. The van der Waals surface area contributed by atoms with Gasteiger partial charge in [0.2, 0.25) is 5.82 Å². The van der Waals surface area contributed by atoms with Crippen molar-refractivity contribution in [3.8, 4) is 17.1 Å². The van der Waals surface area contributed by atoms with Crippen molar-refractivity contribution in [2.45, 2.75) is 31.9 Å². The number of aliphatic hydroxyl groups excluding tert-OH is 2. The third kappa shape index (κ3) is 5.26. The summed E-state index contributed by atoms with van der Waals surface area (Å²) in [6.07, 6.45) is 2.63. The van der Waals surface area contributed by atoms with Gasteiger partial charge in [0.15, 0.2) is 11.9 Å². The third-order valence-corrected chi connectivity index (χ3v) is 5.29. The summed E-state index contributed by atoms with van der Waals surface area (Å²) < 4.78 is 25.5. The topological polar surface area (TPSA) is 148 Å². The van der Waals surface area contributed by atoms with Crippen LogP contribution in [-0.2, 0) is 0 Å². The molecule has 10 nitrogen and oxygen atoms in total. The maximum absolute atomic E-state index is 14.5. The third-order valence-electron chi connectivity index (χ3n) is 5.29. The molecule has 1 aromatic carbocycles. The monoisotopic (exact) mass is 470 g/mol. The molecule has 1 aliphatic carbocycles. The second kappa shape index (κ2) is 10.1. The number of amides is 1. The van der Waals surface area contributed by atoms with Crippen LogP contribution in [0.2, 0.25) is 0 Å². The van der Waals surface area contributed by atoms with Crippen molar-refractivity contribution in [2.75, 3.05) is 13.2 Å². The Hall–Kier alpha value is -3.70. The molecule has 3 N–H and O–H groups in total. The number of nitrogens with one attached hydrogen (secondary N) is 1. The summed E-state index contributed by atoms with van der Waals surface area (Å²) in [4.78, 5) is 32.6. The Morgan fingerprint density at radius 3 is 2.62 bits per heavy atom. The van der Waals surface area contributed by atoms with Gasteiger partial charge in [-0.3, -0.25) is 9.59 Å². The molecule has 0 spiro atoms. The zero-order valence-corrected chi connectivity index (χ0v) is 18.3. The van der Waals surface area contributed by atoms with Crippen LogP contribution in [0.1, 0.15) is 52.6 Å². The van der Waals surface area contributed by atoms with E-state index in [-0.39, 0.29) is 34.5 Å². The Morgan fingerprint density at radius 1 is 1.24 bits per heavy atom. The average Bonchev–Trinajstić information content (AvgIpc) is 3.58. The standard InChI is InChI=1S/C23H23FN4O6/c1-12(33-16-5-7-19(25-9-16)20(31)13-2-3-13)23-27-21(28-34-23)14-4-6-17(18(24)8-14)22(32)26-15(10-29)11-30/h4-9,12-13,15,29-30H,2-3,10-11H2,1H3,(H,26,32). The fraction of sp³-hybridized carbons (Fsp3) is 0.348. The van der Waals surface area contributed by atoms with Gasteiger partial charge in [-0.05, 0) is 44.0 Å². The summed E-state index contributed by atoms with van der Waals surface area (Å²) >= 11 is 0. The number of ketones is 1. The zero-order valence-electron chi connectivity index (χ0n) is 18.3. The summed E-state index contributed by atoms with van der Waals surface area (Å²) in [6.45, 7) is 0.729. The highest BCUT2D eigenvalue weighted by Gasteiger charge is 2.31. The van der Waals surface area contributed by atoms with Crippen LogP contribution in [0.25, 0.3) is 11.4 Å². The smallest absolute Gasteiger partial charge is 0.267 e. The predicted octanol–water partition coefficient (Wildman–Crippen LogP) is 2.09. The second-order valence-electron chi connectivity index (χ2n) is 7.96. The lowest BCUT2D eigenvalue weighted by Gasteiger charge is -2.13. The Kier molecular flexibility index (Phi) is 6.94. The van der Waals surface area contributed by atoms with E-state index in [4.69, 9.17) is 19.5 Å². The largest absolute Gasteiger partial charge is 0.479 e. The number of nitrogens with zero attached hydrogens (tertiary/aromatic N) is 3. The summed E-state index contributed by atoms with van der Waals surface area (Å²) in [7, 11) is 0. The quantitative estimate of drug-likeness (QED) is 0.379. The number of Topliss-reactive ketones (excluding diaryl/α,β-unsaturated/α-hetero) is 1. The summed E-state index contributed by atoms with van der Waals surface area (Å²) in [6, 6.07) is 6.15. The molecule has 1 fully saturated rings. The van der Waals surface area contributed by atoms with E-state index in [0.29, 0.717) is 11.4 Å². The number of pyridine rings is 1. The molecular formula is C23H23FN4O6. The van der Waals surface area contributed by atoms with Crippen molar-refractivity contribution in [3.05, 3.63) is 59.5 Å². The van der Waals surface area contributed by atoms with E-state index >= 15 is 0 Å². The highest BCUT2D eigenvalue weighted by atomic mass is 19.1. The van der Waals surface area contributed by atoms with Gasteiger partial charge in [0.25, 0.3) is 11.8 Å². The van der Waals surface area contributed by atoms with Crippen molar-refractivity contribution in [2.24, 2.45) is 5.92 Å². The van der Waals surface area contributed by atoms with Crippen molar-refractivity contribution < 1.29 is 33.5 Å². The lowest BCUT2D eigenvalue weighted by molar-refractivity contribution is 0.0875. The number of benzene rings is 1. The van der Waals surface area contributed by atoms with Gasteiger partial charge in [-0.1, -0.05) is 11.2 Å². The number of ether oxygens (including phenoxy) is 1. The van der Waals surface area contributed by atoms with Crippen molar-refractivity contribution in [3.63, 3.8) is 0 Å². The summed E-state index contributed by atoms with van der Waals surface area (Å²) in [5.74, 6) is -0.809. The molecule has 0 aliphatic heterocycles. The van der Waals surface area contributed by atoms with E-state index < -0.39 is 37.1 Å². The first-order valence-electron chi connectivity index (χ1n) is 10.7. The van der Waals surface area contributed by atoms with Gasteiger partial charge >= 0.3 is 0 Å². The van der Waals surface area contributed by atoms with Crippen LogP contribution in [0.3, 0.4) is 0 Å². The van der Waals surface area contributed by atoms with E-state index in [1.54, 1.807) is 19.1 Å². The molecule has 3 aromatic rings. The molecule has 0 bridgehead atoms. The molecule has 1 aliphatic rings. The van der Waals surface area contributed by atoms with Crippen molar-refractivity contribution in [1.29, 1.82) is 0 Å². The number of halogens is 1.